The van der Waals surface area contributed by atoms with E-state index in [2.05, 4.69) is 14.9 Å². The minimum Gasteiger partial charge on any atom is -0.353 e. The molecule has 2 fully saturated rings. The first kappa shape index (κ1) is 18.8. The van der Waals surface area contributed by atoms with Crippen LogP contribution in [0.3, 0.4) is 0 Å². The smallest absolute Gasteiger partial charge is 0.233 e. The zero-order valence-electron chi connectivity index (χ0n) is 16.4. The number of amides is 1. The maximum atomic E-state index is 13.9. The van der Waals surface area contributed by atoms with Crippen molar-refractivity contribution in [3.63, 3.8) is 0 Å². The largest absolute Gasteiger partial charge is 0.353 e. The summed E-state index contributed by atoms with van der Waals surface area (Å²) < 4.78 is 13.9. The van der Waals surface area contributed by atoms with E-state index in [0.29, 0.717) is 13.1 Å². The molecule has 1 aromatic heterocycles. The highest BCUT2D eigenvalue weighted by Gasteiger charge is 2.44. The number of nitrogens with zero attached hydrogens (tertiary/aromatic N) is 4. The Morgan fingerprint density at radius 2 is 1.82 bits per heavy atom. The van der Waals surface area contributed by atoms with Crippen LogP contribution >= 0.6 is 0 Å². The third-order valence-electron chi connectivity index (χ3n) is 6.15. The van der Waals surface area contributed by atoms with Crippen LogP contribution in [0.1, 0.15) is 43.5 Å². The van der Waals surface area contributed by atoms with Gasteiger partial charge in [-0.3, -0.25) is 4.79 Å². The first-order valence-corrected chi connectivity index (χ1v) is 10.2. The Morgan fingerprint density at radius 3 is 2.50 bits per heavy atom. The van der Waals surface area contributed by atoms with Crippen molar-refractivity contribution < 1.29 is 9.18 Å². The average molecular weight is 382 g/mol. The van der Waals surface area contributed by atoms with Crippen LogP contribution in [0.2, 0.25) is 0 Å². The molecule has 0 N–H and O–H groups in total. The fraction of sp³-hybridized carbons (Fsp3) is 0.500. The van der Waals surface area contributed by atoms with Crippen LogP contribution in [0.4, 0.5) is 10.2 Å². The summed E-state index contributed by atoms with van der Waals surface area (Å²) >= 11 is 0. The normalized spacial score (nSPS) is 19.5. The van der Waals surface area contributed by atoms with Crippen LogP contribution in [0.5, 0.6) is 0 Å². The highest BCUT2D eigenvalue weighted by Crippen LogP contribution is 2.41. The van der Waals surface area contributed by atoms with Gasteiger partial charge in [-0.15, -0.1) is 0 Å². The van der Waals surface area contributed by atoms with Gasteiger partial charge in [-0.25, -0.2) is 14.4 Å². The van der Waals surface area contributed by atoms with Crippen molar-refractivity contribution in [2.45, 2.75) is 44.4 Å². The first-order valence-electron chi connectivity index (χ1n) is 10.2. The Kier molecular flexibility index (Phi) is 5.29. The van der Waals surface area contributed by atoms with Gasteiger partial charge in [0.15, 0.2) is 0 Å². The fourth-order valence-electron chi connectivity index (χ4n) is 4.63. The van der Waals surface area contributed by atoms with Crippen LogP contribution in [0.25, 0.3) is 0 Å². The lowest BCUT2D eigenvalue weighted by Crippen LogP contribution is -2.55. The van der Waals surface area contributed by atoms with E-state index in [9.17, 15) is 9.18 Å². The molecule has 2 aromatic rings. The molecule has 1 aliphatic carbocycles. The predicted octanol–water partition coefficient (Wildman–Crippen LogP) is 3.47. The van der Waals surface area contributed by atoms with Crippen molar-refractivity contribution in [1.29, 1.82) is 0 Å². The molecule has 0 bridgehead atoms. The molecule has 148 valence electrons. The number of halogens is 1. The second kappa shape index (κ2) is 7.86. The van der Waals surface area contributed by atoms with E-state index in [1.54, 1.807) is 18.3 Å². The van der Waals surface area contributed by atoms with Crippen LogP contribution in [-0.4, -0.2) is 47.0 Å². The SMILES string of the molecule is Cc1nccc(N2CCN(C(=O)C3(c4cccc(F)c4)CCCCC3)CC2)n1. The third-order valence-corrected chi connectivity index (χ3v) is 6.15. The second-order valence-corrected chi connectivity index (χ2v) is 7.89. The van der Waals surface area contributed by atoms with Gasteiger partial charge in [0.2, 0.25) is 5.91 Å². The number of piperazine rings is 1. The molecule has 1 saturated heterocycles. The predicted molar refractivity (Wildman–Crippen MR) is 107 cm³/mol. The van der Waals surface area contributed by atoms with Crippen molar-refractivity contribution in [3.05, 3.63) is 53.7 Å². The Bertz CT molecular complexity index is 842. The molecule has 2 aliphatic rings. The second-order valence-electron chi connectivity index (χ2n) is 7.89. The number of benzene rings is 1. The molecule has 5 nitrogen and oxygen atoms in total. The molecule has 1 aromatic carbocycles. The number of rotatable bonds is 3. The molecular weight excluding hydrogens is 355 g/mol. The first-order chi connectivity index (χ1) is 13.6. The van der Waals surface area contributed by atoms with Crippen LogP contribution in [-0.2, 0) is 10.2 Å². The van der Waals surface area contributed by atoms with Crippen LogP contribution < -0.4 is 4.90 Å². The van der Waals surface area contributed by atoms with Crippen molar-refractivity contribution in [3.8, 4) is 0 Å². The molecule has 1 saturated carbocycles. The average Bonchev–Trinajstić information content (AvgIpc) is 2.74. The summed E-state index contributed by atoms with van der Waals surface area (Å²) in [7, 11) is 0. The van der Waals surface area contributed by atoms with Gasteiger partial charge < -0.3 is 9.80 Å². The van der Waals surface area contributed by atoms with Gasteiger partial charge in [0.05, 0.1) is 5.41 Å². The quantitative estimate of drug-likeness (QED) is 0.816. The molecule has 6 heteroatoms. The molecule has 1 aliphatic heterocycles. The van der Waals surface area contributed by atoms with Gasteiger partial charge in [-0.1, -0.05) is 31.4 Å². The molecule has 4 rings (SSSR count). The Balaban J connectivity index is 1.52. The van der Waals surface area contributed by atoms with Gasteiger partial charge in [-0.2, -0.15) is 0 Å². The summed E-state index contributed by atoms with van der Waals surface area (Å²) in [5.41, 5.74) is 0.264. The van der Waals surface area contributed by atoms with Gasteiger partial charge >= 0.3 is 0 Å². The molecule has 2 heterocycles. The third kappa shape index (κ3) is 3.60. The van der Waals surface area contributed by atoms with E-state index >= 15 is 0 Å². The van der Waals surface area contributed by atoms with Gasteiger partial charge in [0.25, 0.3) is 0 Å². The zero-order chi connectivity index (χ0) is 19.6. The highest BCUT2D eigenvalue weighted by molar-refractivity contribution is 5.88. The Hall–Kier alpha value is -2.50. The van der Waals surface area contributed by atoms with E-state index in [0.717, 1.165) is 62.4 Å². The van der Waals surface area contributed by atoms with Crippen molar-refractivity contribution in [2.75, 3.05) is 31.1 Å². The number of aromatic nitrogens is 2. The lowest BCUT2D eigenvalue weighted by Gasteiger charge is -2.43. The van der Waals surface area contributed by atoms with E-state index in [4.69, 9.17) is 0 Å². The monoisotopic (exact) mass is 382 g/mol. The number of aryl methyl sites for hydroxylation is 1. The highest BCUT2D eigenvalue weighted by atomic mass is 19.1. The Labute approximate surface area is 165 Å². The standard InChI is InChI=1S/C22H27FN4O/c1-17-24-11-8-20(25-17)26-12-14-27(15-13-26)21(28)22(9-3-2-4-10-22)18-6-5-7-19(23)16-18/h5-8,11,16H,2-4,9-10,12-15H2,1H3. The molecule has 0 radical (unpaired) electrons. The summed E-state index contributed by atoms with van der Waals surface area (Å²) in [4.78, 5) is 26.5. The molecule has 1 amide bonds. The molecular formula is C22H27FN4O. The number of carbonyl (C=O) groups excluding carboxylic acids is 1. The summed E-state index contributed by atoms with van der Waals surface area (Å²) in [5.74, 6) is 1.57. The maximum absolute atomic E-state index is 13.9. The summed E-state index contributed by atoms with van der Waals surface area (Å²) in [6, 6.07) is 8.58. The van der Waals surface area contributed by atoms with Crippen LogP contribution in [0, 0.1) is 12.7 Å². The van der Waals surface area contributed by atoms with Crippen molar-refractivity contribution in [1.82, 2.24) is 14.9 Å². The summed E-state index contributed by atoms with van der Waals surface area (Å²) in [5, 5.41) is 0. The van der Waals surface area contributed by atoms with Crippen LogP contribution in [0.15, 0.2) is 36.5 Å². The lowest BCUT2D eigenvalue weighted by molar-refractivity contribution is -0.139. The van der Waals surface area contributed by atoms with Crippen molar-refractivity contribution in [2.24, 2.45) is 0 Å². The van der Waals surface area contributed by atoms with E-state index in [1.807, 2.05) is 24.0 Å². The number of anilines is 1. The van der Waals surface area contributed by atoms with Gasteiger partial charge in [-0.05, 0) is 43.5 Å². The molecule has 0 atom stereocenters. The topological polar surface area (TPSA) is 49.3 Å². The lowest BCUT2D eigenvalue weighted by atomic mass is 9.68. The molecule has 28 heavy (non-hydrogen) atoms. The summed E-state index contributed by atoms with van der Waals surface area (Å²) in [6.45, 7) is 4.72. The Morgan fingerprint density at radius 1 is 1.07 bits per heavy atom. The maximum Gasteiger partial charge on any atom is 0.233 e. The number of hydrogen-bond donors (Lipinski definition) is 0. The van der Waals surface area contributed by atoms with E-state index in [1.165, 1.54) is 6.07 Å². The van der Waals surface area contributed by atoms with Crippen molar-refractivity contribution >= 4 is 11.7 Å². The minimum absolute atomic E-state index is 0.163. The van der Waals surface area contributed by atoms with E-state index in [-0.39, 0.29) is 11.7 Å². The summed E-state index contributed by atoms with van der Waals surface area (Å²) in [6.07, 6.45) is 6.56. The zero-order valence-corrected chi connectivity index (χ0v) is 16.4. The van der Waals surface area contributed by atoms with Gasteiger partial charge in [0, 0.05) is 32.4 Å². The van der Waals surface area contributed by atoms with Gasteiger partial charge in [0.1, 0.15) is 17.5 Å². The molecule has 0 spiro atoms. The van der Waals surface area contributed by atoms with E-state index < -0.39 is 5.41 Å². The molecule has 0 unspecified atom stereocenters. The number of carbonyl (C=O) groups is 1. The number of hydrogen-bond acceptors (Lipinski definition) is 4. The minimum atomic E-state index is -0.575. The fourth-order valence-corrected chi connectivity index (χ4v) is 4.63.